The number of hydrogen-bond acceptors (Lipinski definition) is 4. The van der Waals surface area contributed by atoms with Gasteiger partial charge in [-0.1, -0.05) is 59.6 Å². The first kappa shape index (κ1) is 23.6. The van der Waals surface area contributed by atoms with E-state index in [2.05, 4.69) is 21.4 Å². The molecule has 8 heteroatoms. The van der Waals surface area contributed by atoms with Gasteiger partial charge in [0.25, 0.3) is 5.91 Å². The maximum atomic E-state index is 13.2. The summed E-state index contributed by atoms with van der Waals surface area (Å²) in [6, 6.07) is 15.5. The van der Waals surface area contributed by atoms with Gasteiger partial charge in [-0.25, -0.2) is 4.68 Å². The van der Waals surface area contributed by atoms with Gasteiger partial charge in [0.05, 0.1) is 31.0 Å². The summed E-state index contributed by atoms with van der Waals surface area (Å²) in [5, 5.41) is 8.53. The number of aromatic nitrogens is 2. The number of nitrogens with zero attached hydrogens (tertiary/aromatic N) is 3. The van der Waals surface area contributed by atoms with Crippen molar-refractivity contribution in [3.8, 4) is 5.75 Å². The van der Waals surface area contributed by atoms with Gasteiger partial charge in [-0.3, -0.25) is 9.69 Å². The van der Waals surface area contributed by atoms with E-state index >= 15 is 0 Å². The largest absolute Gasteiger partial charge is 0.496 e. The number of rotatable bonds is 8. The van der Waals surface area contributed by atoms with E-state index in [1.807, 2.05) is 42.5 Å². The zero-order valence-electron chi connectivity index (χ0n) is 18.9. The summed E-state index contributed by atoms with van der Waals surface area (Å²) in [5.41, 5.74) is 2.93. The summed E-state index contributed by atoms with van der Waals surface area (Å²) in [5.74, 6) is 0.590. The number of carbonyl (C=O) groups is 1. The molecule has 0 aliphatic carbocycles. The van der Waals surface area contributed by atoms with E-state index in [0.29, 0.717) is 34.5 Å². The second-order valence-corrected chi connectivity index (χ2v) is 8.98. The van der Waals surface area contributed by atoms with Crippen molar-refractivity contribution in [3.05, 3.63) is 81.1 Å². The van der Waals surface area contributed by atoms with Crippen LogP contribution >= 0.6 is 23.2 Å². The van der Waals surface area contributed by atoms with Crippen LogP contribution < -0.4 is 10.1 Å². The number of amides is 1. The first-order chi connectivity index (χ1) is 16.0. The molecule has 1 unspecified atom stereocenters. The molecular formula is C25H28Cl2N4O2. The summed E-state index contributed by atoms with van der Waals surface area (Å²) in [6.45, 7) is 4.62. The first-order valence-electron chi connectivity index (χ1n) is 11.1. The summed E-state index contributed by atoms with van der Waals surface area (Å²) >= 11 is 12.9. The summed E-state index contributed by atoms with van der Waals surface area (Å²) in [6.07, 6.45) is 2.30. The number of aryl methyl sites for hydroxylation is 1. The molecule has 1 aromatic heterocycles. The third kappa shape index (κ3) is 5.18. The second-order valence-electron chi connectivity index (χ2n) is 8.21. The Labute approximate surface area is 204 Å². The van der Waals surface area contributed by atoms with Crippen LogP contribution in [0.1, 0.15) is 46.1 Å². The van der Waals surface area contributed by atoms with Gasteiger partial charge in [0.2, 0.25) is 0 Å². The van der Waals surface area contributed by atoms with Gasteiger partial charge in [0, 0.05) is 17.1 Å². The monoisotopic (exact) mass is 486 g/mol. The Morgan fingerprint density at radius 1 is 1.12 bits per heavy atom. The van der Waals surface area contributed by atoms with Crippen molar-refractivity contribution >= 4 is 29.1 Å². The molecule has 0 saturated carbocycles. The van der Waals surface area contributed by atoms with Gasteiger partial charge in [0.1, 0.15) is 10.9 Å². The highest BCUT2D eigenvalue weighted by molar-refractivity contribution is 6.33. The highest BCUT2D eigenvalue weighted by atomic mass is 35.5. The zero-order chi connectivity index (χ0) is 23.4. The highest BCUT2D eigenvalue weighted by Crippen LogP contribution is 2.31. The number of methoxy groups -OCH3 is 1. The predicted molar refractivity (Wildman–Crippen MR) is 131 cm³/mol. The van der Waals surface area contributed by atoms with Crippen LogP contribution in [0.4, 0.5) is 0 Å². The van der Waals surface area contributed by atoms with E-state index in [9.17, 15) is 4.79 Å². The zero-order valence-corrected chi connectivity index (χ0v) is 20.4. The van der Waals surface area contributed by atoms with Crippen molar-refractivity contribution in [2.24, 2.45) is 0 Å². The molecule has 0 bridgehead atoms. The highest BCUT2D eigenvalue weighted by Gasteiger charge is 2.28. The third-order valence-electron chi connectivity index (χ3n) is 6.11. The Balaban J connectivity index is 1.53. The molecule has 1 fully saturated rings. The van der Waals surface area contributed by atoms with E-state index in [1.165, 1.54) is 0 Å². The van der Waals surface area contributed by atoms with E-state index in [0.717, 1.165) is 42.8 Å². The molecule has 4 rings (SSSR count). The molecule has 1 aliphatic rings. The molecule has 0 spiro atoms. The van der Waals surface area contributed by atoms with Crippen LogP contribution in [-0.4, -0.2) is 47.3 Å². The van der Waals surface area contributed by atoms with Crippen LogP contribution in [0.5, 0.6) is 5.75 Å². The number of hydrogen-bond donors (Lipinski definition) is 1. The van der Waals surface area contributed by atoms with Crippen LogP contribution in [0.2, 0.25) is 10.2 Å². The number of para-hydroxylation sites is 1. The Hall–Kier alpha value is -2.54. The SMILES string of the molecule is COc1ccccc1C(CNC(=O)c1c(C)nn(Cc2ccccc2Cl)c1Cl)N1CCCC1. The third-order valence-corrected chi connectivity index (χ3v) is 6.86. The Morgan fingerprint density at radius 2 is 1.82 bits per heavy atom. The minimum Gasteiger partial charge on any atom is -0.496 e. The lowest BCUT2D eigenvalue weighted by atomic mass is 10.0. The fourth-order valence-corrected chi connectivity index (χ4v) is 4.93. The fraction of sp³-hybridized carbons (Fsp3) is 0.360. The lowest BCUT2D eigenvalue weighted by Crippen LogP contribution is -2.37. The predicted octanol–water partition coefficient (Wildman–Crippen LogP) is 5.12. The van der Waals surface area contributed by atoms with Crippen molar-refractivity contribution in [3.63, 3.8) is 0 Å². The smallest absolute Gasteiger partial charge is 0.256 e. The van der Waals surface area contributed by atoms with Crippen molar-refractivity contribution < 1.29 is 9.53 Å². The van der Waals surface area contributed by atoms with E-state index in [1.54, 1.807) is 18.7 Å². The molecule has 2 aromatic carbocycles. The average molecular weight is 487 g/mol. The molecule has 33 heavy (non-hydrogen) atoms. The van der Waals surface area contributed by atoms with E-state index in [-0.39, 0.29) is 11.9 Å². The van der Waals surface area contributed by atoms with E-state index in [4.69, 9.17) is 27.9 Å². The van der Waals surface area contributed by atoms with Crippen molar-refractivity contribution in [2.45, 2.75) is 32.4 Å². The lowest BCUT2D eigenvalue weighted by Gasteiger charge is -2.29. The first-order valence-corrected chi connectivity index (χ1v) is 11.9. The van der Waals surface area contributed by atoms with Crippen LogP contribution in [0, 0.1) is 6.92 Å². The standard InChI is InChI=1S/C25H28Cl2N4O2/c1-17-23(24(27)31(29-17)16-18-9-3-5-11-20(18)26)25(32)28-15-21(30-13-7-8-14-30)19-10-4-6-12-22(19)33-2/h3-6,9-12,21H,7-8,13-16H2,1-2H3,(H,28,32). The molecular weight excluding hydrogens is 459 g/mol. The number of carbonyl (C=O) groups excluding carboxylic acids is 1. The van der Waals surface area contributed by atoms with Gasteiger partial charge in [-0.05, 0) is 50.6 Å². The Kier molecular flexibility index (Phi) is 7.58. The molecule has 2 heterocycles. The maximum absolute atomic E-state index is 13.2. The quantitative estimate of drug-likeness (QED) is 0.479. The van der Waals surface area contributed by atoms with E-state index < -0.39 is 0 Å². The molecule has 0 radical (unpaired) electrons. The van der Waals surface area contributed by atoms with Gasteiger partial charge >= 0.3 is 0 Å². The average Bonchev–Trinajstić information content (AvgIpc) is 3.44. The maximum Gasteiger partial charge on any atom is 0.256 e. The molecule has 3 aromatic rings. The van der Waals surface area contributed by atoms with Gasteiger partial charge < -0.3 is 10.1 Å². The summed E-state index contributed by atoms with van der Waals surface area (Å²) < 4.78 is 7.22. The molecule has 1 amide bonds. The summed E-state index contributed by atoms with van der Waals surface area (Å²) in [7, 11) is 1.68. The molecule has 1 atom stereocenters. The number of likely N-dealkylation sites (tertiary alicyclic amines) is 1. The van der Waals surface area contributed by atoms with Crippen molar-refractivity contribution in [1.82, 2.24) is 20.0 Å². The Bertz CT molecular complexity index is 1130. The minimum atomic E-state index is -0.234. The number of halogens is 2. The molecule has 1 saturated heterocycles. The summed E-state index contributed by atoms with van der Waals surface area (Å²) in [4.78, 5) is 15.6. The van der Waals surface area contributed by atoms with Gasteiger partial charge in [-0.15, -0.1) is 0 Å². The van der Waals surface area contributed by atoms with Crippen LogP contribution in [0.25, 0.3) is 0 Å². The van der Waals surface area contributed by atoms with Gasteiger partial charge in [0.15, 0.2) is 0 Å². The topological polar surface area (TPSA) is 59.4 Å². The Morgan fingerprint density at radius 3 is 2.55 bits per heavy atom. The number of ether oxygens (including phenoxy) is 1. The second kappa shape index (κ2) is 10.6. The van der Waals surface area contributed by atoms with Crippen LogP contribution in [-0.2, 0) is 6.54 Å². The van der Waals surface area contributed by atoms with Crippen molar-refractivity contribution in [1.29, 1.82) is 0 Å². The normalized spacial score (nSPS) is 14.9. The molecule has 6 nitrogen and oxygen atoms in total. The van der Waals surface area contributed by atoms with Crippen molar-refractivity contribution in [2.75, 3.05) is 26.7 Å². The minimum absolute atomic E-state index is 0.0184. The molecule has 1 aliphatic heterocycles. The van der Waals surface area contributed by atoms with Crippen LogP contribution in [0.15, 0.2) is 48.5 Å². The molecule has 1 N–H and O–H groups in total. The van der Waals surface area contributed by atoms with Gasteiger partial charge in [-0.2, -0.15) is 5.10 Å². The number of nitrogens with one attached hydrogen (secondary N) is 1. The fourth-order valence-electron chi connectivity index (χ4n) is 4.41. The number of benzene rings is 2. The lowest BCUT2D eigenvalue weighted by molar-refractivity contribution is 0.0937. The molecule has 174 valence electrons. The van der Waals surface area contributed by atoms with Crippen LogP contribution in [0.3, 0.4) is 0 Å².